The molecule has 1 aromatic carbocycles. The van der Waals surface area contributed by atoms with Gasteiger partial charge in [0, 0.05) is 24.4 Å². The van der Waals surface area contributed by atoms with Crippen molar-refractivity contribution < 1.29 is 26.7 Å². The van der Waals surface area contributed by atoms with Crippen LogP contribution in [0.2, 0.25) is 0 Å². The van der Waals surface area contributed by atoms with Gasteiger partial charge in [0.25, 0.3) is 5.92 Å². The summed E-state index contributed by atoms with van der Waals surface area (Å²) in [5.41, 5.74) is -0.296. The molecule has 0 radical (unpaired) electrons. The zero-order chi connectivity index (χ0) is 22.2. The summed E-state index contributed by atoms with van der Waals surface area (Å²) in [6.45, 7) is 0. The van der Waals surface area contributed by atoms with Crippen molar-refractivity contribution in [3.8, 4) is 11.4 Å². The predicted molar refractivity (Wildman–Crippen MR) is 109 cm³/mol. The molecule has 1 aliphatic carbocycles. The lowest BCUT2D eigenvalue weighted by molar-refractivity contribution is -0.154. The lowest BCUT2D eigenvalue weighted by Crippen LogP contribution is -2.43. The summed E-state index contributed by atoms with van der Waals surface area (Å²) in [7, 11) is -2.75. The third-order valence-corrected chi connectivity index (χ3v) is 6.12. The van der Waals surface area contributed by atoms with E-state index in [2.05, 4.69) is 25.9 Å². The predicted octanol–water partition coefficient (Wildman–Crippen LogP) is 2.95. The van der Waals surface area contributed by atoms with E-state index >= 15 is 0 Å². The van der Waals surface area contributed by atoms with Crippen LogP contribution in [0.3, 0.4) is 0 Å². The minimum absolute atomic E-state index is 0.0401. The molecule has 0 bridgehead atoms. The highest BCUT2D eigenvalue weighted by Gasteiger charge is 2.61. The molecule has 3 rings (SSSR count). The number of esters is 1. The summed E-state index contributed by atoms with van der Waals surface area (Å²) in [5.74, 6) is -3.75. The Balaban J connectivity index is 1.94. The van der Waals surface area contributed by atoms with Crippen LogP contribution in [-0.2, 0) is 26.0 Å². The van der Waals surface area contributed by atoms with E-state index in [1.165, 1.54) is 0 Å². The highest BCUT2D eigenvalue weighted by molar-refractivity contribution is 9.10. The van der Waals surface area contributed by atoms with Crippen LogP contribution in [-0.4, -0.2) is 49.7 Å². The molecule has 0 aliphatic heterocycles. The number of sulfonamides is 1. The molecule has 11 heteroatoms. The quantitative estimate of drug-likeness (QED) is 0.608. The molecule has 7 nitrogen and oxygen atoms in total. The fraction of sp³-hybridized carbons (Fsp3) is 0.421. The highest BCUT2D eigenvalue weighted by Crippen LogP contribution is 2.50. The van der Waals surface area contributed by atoms with Gasteiger partial charge in [-0.05, 0) is 40.4 Å². The minimum atomic E-state index is -3.88. The second-order valence-corrected chi connectivity index (χ2v) is 10.2. The second kappa shape index (κ2) is 8.27. The third-order valence-electron chi connectivity index (χ3n) is 5.00. The van der Waals surface area contributed by atoms with Crippen molar-refractivity contribution in [1.29, 1.82) is 0 Å². The van der Waals surface area contributed by atoms with Crippen molar-refractivity contribution in [3.63, 3.8) is 0 Å². The maximum Gasteiger partial charge on any atom is 0.312 e. The molecule has 2 atom stereocenters. The first-order chi connectivity index (χ1) is 13.9. The summed E-state index contributed by atoms with van der Waals surface area (Å²) < 4.78 is 59.9. The fourth-order valence-corrected chi connectivity index (χ4v) is 4.80. The van der Waals surface area contributed by atoms with Crippen LogP contribution >= 0.6 is 15.9 Å². The summed E-state index contributed by atoms with van der Waals surface area (Å²) in [6, 6.07) is 5.24. The average Bonchev–Trinajstić information content (AvgIpc) is 2.90. The Morgan fingerprint density at radius 3 is 2.60 bits per heavy atom. The third kappa shape index (κ3) is 5.01. The van der Waals surface area contributed by atoms with E-state index < -0.39 is 39.8 Å². The topological polar surface area (TPSA) is 98.2 Å². The van der Waals surface area contributed by atoms with Gasteiger partial charge in [0.05, 0.1) is 29.3 Å². The molecule has 0 spiro atoms. The number of benzene rings is 1. The van der Waals surface area contributed by atoms with Crippen molar-refractivity contribution in [2.24, 2.45) is 5.41 Å². The SMILES string of the molecule is COC(=O)[C@]1(Cc2cccc(-c3ncc(Br)cn3)c2)C[C@@H](NS(C)(=O)=O)C(F)(F)C1. The number of rotatable bonds is 6. The van der Waals surface area contributed by atoms with Gasteiger partial charge >= 0.3 is 5.97 Å². The van der Waals surface area contributed by atoms with E-state index in [-0.39, 0.29) is 12.8 Å². The number of methoxy groups -OCH3 is 1. The molecule has 30 heavy (non-hydrogen) atoms. The highest BCUT2D eigenvalue weighted by atomic mass is 79.9. The van der Waals surface area contributed by atoms with Crippen molar-refractivity contribution in [3.05, 3.63) is 46.7 Å². The van der Waals surface area contributed by atoms with Crippen LogP contribution in [0, 0.1) is 5.41 Å². The standard InChI is InChI=1S/C19H20BrF2N3O4S/c1-29-17(26)18(8-15(19(21,22)11-18)25-30(2,27)28)7-12-4-3-5-13(6-12)16-23-9-14(20)10-24-16/h3-6,9-10,15,25H,7-8,11H2,1-2H3/t15-,18-/m1/s1. The number of ether oxygens (including phenoxy) is 1. The van der Waals surface area contributed by atoms with Crippen LogP contribution in [0.4, 0.5) is 8.78 Å². The van der Waals surface area contributed by atoms with E-state index in [0.29, 0.717) is 21.4 Å². The van der Waals surface area contributed by atoms with Crippen LogP contribution in [0.25, 0.3) is 11.4 Å². The molecule has 0 unspecified atom stereocenters. The first kappa shape index (κ1) is 22.7. The number of nitrogens with one attached hydrogen (secondary N) is 1. The number of halogens is 3. The molecule has 0 saturated heterocycles. The molecule has 2 aromatic rings. The van der Waals surface area contributed by atoms with Crippen LogP contribution in [0.1, 0.15) is 18.4 Å². The normalized spacial score (nSPS) is 23.3. The number of alkyl halides is 2. The molecular formula is C19H20BrF2N3O4S. The van der Waals surface area contributed by atoms with Crippen LogP contribution in [0.15, 0.2) is 41.1 Å². The number of carbonyl (C=O) groups is 1. The lowest BCUT2D eigenvalue weighted by atomic mass is 9.79. The Bertz CT molecular complexity index is 1050. The van der Waals surface area contributed by atoms with E-state index in [9.17, 15) is 22.0 Å². The molecule has 1 fully saturated rings. The molecule has 0 amide bonds. The Labute approximate surface area is 181 Å². The average molecular weight is 504 g/mol. The number of hydrogen-bond acceptors (Lipinski definition) is 6. The number of carbonyl (C=O) groups excluding carboxylic acids is 1. The van der Waals surface area contributed by atoms with E-state index in [1.54, 1.807) is 36.7 Å². The lowest BCUT2D eigenvalue weighted by Gasteiger charge is -2.26. The minimum Gasteiger partial charge on any atom is -0.469 e. The molecule has 162 valence electrons. The van der Waals surface area contributed by atoms with Crippen molar-refractivity contribution in [2.75, 3.05) is 13.4 Å². The summed E-state index contributed by atoms with van der Waals surface area (Å²) in [6.07, 6.45) is 2.75. The van der Waals surface area contributed by atoms with E-state index in [0.717, 1.165) is 13.4 Å². The van der Waals surface area contributed by atoms with Gasteiger partial charge in [0.15, 0.2) is 5.82 Å². The zero-order valence-electron chi connectivity index (χ0n) is 16.2. The van der Waals surface area contributed by atoms with Crippen molar-refractivity contribution in [1.82, 2.24) is 14.7 Å². The van der Waals surface area contributed by atoms with Gasteiger partial charge in [0.1, 0.15) is 0 Å². The van der Waals surface area contributed by atoms with Crippen molar-refractivity contribution in [2.45, 2.75) is 31.2 Å². The first-order valence-electron chi connectivity index (χ1n) is 8.94. The molecular weight excluding hydrogens is 484 g/mol. The molecule has 1 saturated carbocycles. The molecule has 1 aliphatic rings. The molecule has 1 heterocycles. The Morgan fingerprint density at radius 2 is 2.00 bits per heavy atom. The number of nitrogens with zero attached hydrogens (tertiary/aromatic N) is 2. The Morgan fingerprint density at radius 1 is 1.33 bits per heavy atom. The van der Waals surface area contributed by atoms with Gasteiger partial charge in [-0.25, -0.2) is 31.9 Å². The number of aromatic nitrogens is 2. The largest absolute Gasteiger partial charge is 0.469 e. The first-order valence-corrected chi connectivity index (χ1v) is 11.6. The fourth-order valence-electron chi connectivity index (χ4n) is 3.82. The van der Waals surface area contributed by atoms with Gasteiger partial charge in [-0.15, -0.1) is 0 Å². The summed E-state index contributed by atoms with van der Waals surface area (Å²) >= 11 is 3.26. The Hall–Kier alpha value is -1.98. The maximum absolute atomic E-state index is 14.7. The second-order valence-electron chi connectivity index (χ2n) is 7.46. The molecule has 1 N–H and O–H groups in total. The van der Waals surface area contributed by atoms with Crippen molar-refractivity contribution >= 4 is 31.9 Å². The smallest absolute Gasteiger partial charge is 0.312 e. The van der Waals surface area contributed by atoms with Gasteiger partial charge in [-0.3, -0.25) is 4.79 Å². The van der Waals surface area contributed by atoms with Gasteiger partial charge in [0.2, 0.25) is 10.0 Å². The zero-order valence-corrected chi connectivity index (χ0v) is 18.6. The van der Waals surface area contributed by atoms with Crippen LogP contribution < -0.4 is 4.72 Å². The summed E-state index contributed by atoms with van der Waals surface area (Å²) in [5, 5.41) is 0. The van der Waals surface area contributed by atoms with Gasteiger partial charge in [-0.1, -0.05) is 18.2 Å². The van der Waals surface area contributed by atoms with Gasteiger partial charge < -0.3 is 4.74 Å². The Kier molecular flexibility index (Phi) is 6.26. The van der Waals surface area contributed by atoms with Crippen LogP contribution in [0.5, 0.6) is 0 Å². The van der Waals surface area contributed by atoms with Gasteiger partial charge in [-0.2, -0.15) is 0 Å². The van der Waals surface area contributed by atoms with E-state index in [4.69, 9.17) is 4.74 Å². The monoisotopic (exact) mass is 503 g/mol. The summed E-state index contributed by atoms with van der Waals surface area (Å²) in [4.78, 5) is 21.0. The van der Waals surface area contributed by atoms with E-state index in [1.807, 2.05) is 4.72 Å². The molecule has 1 aromatic heterocycles. The number of hydrogen-bond donors (Lipinski definition) is 1. The maximum atomic E-state index is 14.7.